The number of nitrogens with zero attached hydrogens (tertiary/aromatic N) is 2. The van der Waals surface area contributed by atoms with Gasteiger partial charge < -0.3 is 10.6 Å². The predicted octanol–water partition coefficient (Wildman–Crippen LogP) is 2.04. The van der Waals surface area contributed by atoms with Crippen molar-refractivity contribution in [2.75, 3.05) is 18.8 Å². The minimum Gasteiger partial charge on any atom is -0.393 e. The maximum absolute atomic E-state index is 13.7. The fourth-order valence-electron chi connectivity index (χ4n) is 3.20. The molecule has 3 rings (SSSR count). The number of nitro benzene ring substituents is 1. The molecule has 0 radical (unpaired) electrons. The third kappa shape index (κ3) is 4.54. The summed E-state index contributed by atoms with van der Waals surface area (Å²) in [5, 5.41) is 11.0. The lowest BCUT2D eigenvalue weighted by atomic mass is 10.0. The van der Waals surface area contributed by atoms with Crippen LogP contribution in [-0.2, 0) is 10.0 Å². The molecule has 3 N–H and O–H groups in total. The molecule has 2 aromatic rings. The van der Waals surface area contributed by atoms with E-state index < -0.39 is 49.9 Å². The lowest BCUT2D eigenvalue weighted by molar-refractivity contribution is -0.384. The molecular formula is C18H18F2N4O5S. The van der Waals surface area contributed by atoms with Gasteiger partial charge in [-0.25, -0.2) is 21.9 Å². The summed E-state index contributed by atoms with van der Waals surface area (Å²) in [6, 6.07) is 5.39. The summed E-state index contributed by atoms with van der Waals surface area (Å²) in [6.45, 7) is 0.276. The third-order valence-corrected chi connectivity index (χ3v) is 6.31. The van der Waals surface area contributed by atoms with Crippen LogP contribution in [0.3, 0.4) is 0 Å². The van der Waals surface area contributed by atoms with Crippen LogP contribution >= 0.6 is 0 Å². The van der Waals surface area contributed by atoms with E-state index in [4.69, 9.17) is 5.73 Å². The van der Waals surface area contributed by atoms with Gasteiger partial charge in [-0.05, 0) is 43.2 Å². The smallest absolute Gasteiger partial charge is 0.295 e. The van der Waals surface area contributed by atoms with E-state index >= 15 is 0 Å². The number of carbonyl (C=O) groups is 1. The number of nitrogen functional groups attached to an aromatic ring is 1. The van der Waals surface area contributed by atoms with Gasteiger partial charge in [-0.1, -0.05) is 0 Å². The van der Waals surface area contributed by atoms with E-state index in [1.54, 1.807) is 0 Å². The number of anilines is 1. The number of nitro groups is 1. The number of amides is 1. The Morgan fingerprint density at radius 2 is 1.73 bits per heavy atom. The highest BCUT2D eigenvalue weighted by Gasteiger charge is 2.30. The fraction of sp³-hybridized carbons (Fsp3) is 0.278. The first-order valence-corrected chi connectivity index (χ1v) is 10.4. The zero-order valence-electron chi connectivity index (χ0n) is 15.5. The summed E-state index contributed by atoms with van der Waals surface area (Å²) >= 11 is 0. The fourth-order valence-corrected chi connectivity index (χ4v) is 4.51. The number of likely N-dealkylation sites (tertiary alicyclic amines) is 1. The van der Waals surface area contributed by atoms with Gasteiger partial charge in [0, 0.05) is 19.1 Å². The van der Waals surface area contributed by atoms with Gasteiger partial charge >= 0.3 is 0 Å². The Bertz CT molecular complexity index is 1080. The van der Waals surface area contributed by atoms with Crippen LogP contribution in [0.15, 0.2) is 41.3 Å². The Morgan fingerprint density at radius 1 is 1.13 bits per heavy atom. The molecule has 9 nitrogen and oxygen atoms in total. The number of hydrogen-bond donors (Lipinski definition) is 2. The monoisotopic (exact) mass is 440 g/mol. The van der Waals surface area contributed by atoms with Crippen molar-refractivity contribution < 1.29 is 26.9 Å². The minimum absolute atomic E-state index is 0.0813. The van der Waals surface area contributed by atoms with Crippen molar-refractivity contribution in [3.05, 3.63) is 63.7 Å². The molecule has 0 atom stereocenters. The molecule has 1 saturated heterocycles. The Balaban J connectivity index is 1.68. The van der Waals surface area contributed by atoms with Gasteiger partial charge in [0.1, 0.15) is 17.3 Å². The SMILES string of the molecule is Nc1c(C(=O)N2CCC(NS(=O)(=O)c3ccc(F)cc3)CC2)cc(F)cc1[N+](=O)[O-]. The second-order valence-electron chi connectivity index (χ2n) is 6.78. The van der Waals surface area contributed by atoms with Crippen LogP contribution in [0.25, 0.3) is 0 Å². The first kappa shape index (κ1) is 21.6. The summed E-state index contributed by atoms with van der Waals surface area (Å²) in [6.07, 6.45) is 0.535. The molecule has 1 aliphatic rings. The zero-order chi connectivity index (χ0) is 22.1. The number of nitrogens with two attached hydrogens (primary N) is 1. The van der Waals surface area contributed by atoms with Crippen molar-refractivity contribution in [3.63, 3.8) is 0 Å². The molecule has 1 fully saturated rings. The number of sulfonamides is 1. The molecule has 0 spiro atoms. The van der Waals surface area contributed by atoms with E-state index in [0.717, 1.165) is 30.3 Å². The van der Waals surface area contributed by atoms with Crippen LogP contribution in [0.5, 0.6) is 0 Å². The minimum atomic E-state index is -3.86. The first-order valence-electron chi connectivity index (χ1n) is 8.89. The maximum atomic E-state index is 13.7. The summed E-state index contributed by atoms with van der Waals surface area (Å²) in [5.74, 6) is -2.19. The summed E-state index contributed by atoms with van der Waals surface area (Å²) in [4.78, 5) is 24.0. The standard InChI is InChI=1S/C18H18F2N4O5S/c19-11-1-3-14(4-2-11)30(28,29)22-13-5-7-23(8-6-13)18(25)15-9-12(20)10-16(17(15)21)24(26)27/h1-4,9-10,13,22H,5-8,21H2. The molecule has 0 unspecified atom stereocenters. The van der Waals surface area contributed by atoms with Crippen molar-refractivity contribution in [3.8, 4) is 0 Å². The molecule has 0 aliphatic carbocycles. The number of piperidine rings is 1. The highest BCUT2D eigenvalue weighted by Crippen LogP contribution is 2.28. The largest absolute Gasteiger partial charge is 0.393 e. The first-order chi connectivity index (χ1) is 14.1. The van der Waals surface area contributed by atoms with Gasteiger partial charge in [0.15, 0.2) is 0 Å². The van der Waals surface area contributed by atoms with Crippen LogP contribution in [-0.4, -0.2) is 43.3 Å². The summed E-state index contributed by atoms with van der Waals surface area (Å²) < 4.78 is 54.0. The van der Waals surface area contributed by atoms with E-state index in [2.05, 4.69) is 4.72 Å². The molecule has 1 aliphatic heterocycles. The average molecular weight is 440 g/mol. The molecule has 30 heavy (non-hydrogen) atoms. The van der Waals surface area contributed by atoms with Gasteiger partial charge in [0.2, 0.25) is 10.0 Å². The van der Waals surface area contributed by atoms with Crippen molar-refractivity contribution in [1.29, 1.82) is 0 Å². The number of hydrogen-bond acceptors (Lipinski definition) is 6. The average Bonchev–Trinajstić information content (AvgIpc) is 2.69. The maximum Gasteiger partial charge on any atom is 0.295 e. The van der Waals surface area contributed by atoms with E-state index in [0.29, 0.717) is 6.07 Å². The molecule has 1 heterocycles. The summed E-state index contributed by atoms with van der Waals surface area (Å²) in [7, 11) is -3.86. The molecule has 2 aromatic carbocycles. The molecule has 160 valence electrons. The topological polar surface area (TPSA) is 136 Å². The van der Waals surface area contributed by atoms with Crippen molar-refractivity contribution in [2.45, 2.75) is 23.8 Å². The normalized spacial score (nSPS) is 15.2. The van der Waals surface area contributed by atoms with Crippen molar-refractivity contribution in [2.24, 2.45) is 0 Å². The Labute approximate surface area is 170 Å². The number of nitrogens with one attached hydrogen (secondary N) is 1. The van der Waals surface area contributed by atoms with Crippen molar-refractivity contribution >= 4 is 27.3 Å². The second-order valence-corrected chi connectivity index (χ2v) is 8.50. The van der Waals surface area contributed by atoms with Crippen molar-refractivity contribution in [1.82, 2.24) is 9.62 Å². The lowest BCUT2D eigenvalue weighted by Crippen LogP contribution is -2.46. The van der Waals surface area contributed by atoms with Crippen LogP contribution < -0.4 is 10.5 Å². The molecule has 0 saturated carbocycles. The second kappa shape index (κ2) is 8.32. The van der Waals surface area contributed by atoms with Gasteiger partial charge in [-0.15, -0.1) is 0 Å². The molecular weight excluding hydrogens is 422 g/mol. The Kier molecular flexibility index (Phi) is 5.99. The van der Waals surface area contributed by atoms with E-state index in [1.807, 2.05) is 0 Å². The van der Waals surface area contributed by atoms with E-state index in [1.165, 1.54) is 4.90 Å². The molecule has 0 aromatic heterocycles. The Morgan fingerprint density at radius 3 is 2.30 bits per heavy atom. The predicted molar refractivity (Wildman–Crippen MR) is 103 cm³/mol. The highest BCUT2D eigenvalue weighted by atomic mass is 32.2. The quantitative estimate of drug-likeness (QED) is 0.415. The number of rotatable bonds is 5. The van der Waals surface area contributed by atoms with Crippen LogP contribution in [0.2, 0.25) is 0 Å². The van der Waals surface area contributed by atoms with Gasteiger partial charge in [-0.2, -0.15) is 0 Å². The molecule has 12 heteroatoms. The number of carbonyl (C=O) groups excluding carboxylic acids is 1. The third-order valence-electron chi connectivity index (χ3n) is 4.78. The number of halogens is 2. The van der Waals surface area contributed by atoms with Gasteiger partial charge in [0.05, 0.1) is 21.4 Å². The molecule has 0 bridgehead atoms. The Hall–Kier alpha value is -3.12. The number of benzene rings is 2. The highest BCUT2D eigenvalue weighted by molar-refractivity contribution is 7.89. The molecule has 1 amide bonds. The van der Waals surface area contributed by atoms with Crippen LogP contribution in [0.4, 0.5) is 20.2 Å². The van der Waals surface area contributed by atoms with Crippen LogP contribution in [0.1, 0.15) is 23.2 Å². The van der Waals surface area contributed by atoms with Gasteiger partial charge in [0.25, 0.3) is 11.6 Å². The van der Waals surface area contributed by atoms with E-state index in [-0.39, 0.29) is 36.4 Å². The van der Waals surface area contributed by atoms with E-state index in [9.17, 15) is 32.1 Å². The van der Waals surface area contributed by atoms with Gasteiger partial charge in [-0.3, -0.25) is 14.9 Å². The lowest BCUT2D eigenvalue weighted by Gasteiger charge is -2.32. The summed E-state index contributed by atoms with van der Waals surface area (Å²) in [5.41, 5.74) is 4.24. The van der Waals surface area contributed by atoms with Crippen LogP contribution in [0, 0.1) is 21.7 Å². The zero-order valence-corrected chi connectivity index (χ0v) is 16.4.